The largest absolute Gasteiger partial charge is 0.417 e. The normalized spacial score (nSPS) is 12.8. The monoisotopic (exact) mass is 1030 g/mol. The maximum absolute atomic E-state index is 14.7. The van der Waals surface area contributed by atoms with Gasteiger partial charge in [-0.25, -0.2) is 0 Å². The van der Waals surface area contributed by atoms with Crippen LogP contribution in [-0.4, -0.2) is 9.13 Å². The second-order valence-corrected chi connectivity index (χ2v) is 17.1. The summed E-state index contributed by atoms with van der Waals surface area (Å²) in [5.74, 6) is 0. The summed E-state index contributed by atoms with van der Waals surface area (Å²) < 4.78 is 217. The molecule has 0 atom stereocenters. The highest BCUT2D eigenvalue weighted by molar-refractivity contribution is 6.13. The van der Waals surface area contributed by atoms with Crippen molar-refractivity contribution < 1.29 is 65.9 Å². The van der Waals surface area contributed by atoms with Crippen molar-refractivity contribution in [3.05, 3.63) is 191 Å². The van der Waals surface area contributed by atoms with Crippen molar-refractivity contribution in [3.63, 3.8) is 0 Å². The van der Waals surface area contributed by atoms with Gasteiger partial charge in [0, 0.05) is 27.1 Å². The number of fused-ring (bicyclic) bond motifs is 6. The molecule has 19 heteroatoms. The average Bonchev–Trinajstić information content (AvgIpc) is 3.86. The fourth-order valence-corrected chi connectivity index (χ4v) is 9.49. The minimum Gasteiger partial charge on any atom is -0.307 e. The summed E-state index contributed by atoms with van der Waals surface area (Å²) >= 11 is 0. The Bertz CT molecular complexity index is 4040. The van der Waals surface area contributed by atoms with Gasteiger partial charge in [-0.3, -0.25) is 0 Å². The number of para-hydroxylation sites is 2. The van der Waals surface area contributed by atoms with E-state index in [1.54, 1.807) is 54.6 Å². The topological polar surface area (TPSA) is 57.4 Å². The van der Waals surface area contributed by atoms with Crippen LogP contribution in [0.3, 0.4) is 0 Å². The fourth-order valence-electron chi connectivity index (χ4n) is 9.49. The smallest absolute Gasteiger partial charge is 0.307 e. The van der Waals surface area contributed by atoms with Crippen LogP contribution in [0.2, 0.25) is 0 Å². The van der Waals surface area contributed by atoms with E-state index in [2.05, 4.69) is 0 Å². The van der Waals surface area contributed by atoms with Crippen LogP contribution in [0, 0.1) is 22.7 Å². The molecule has 10 rings (SSSR count). The first-order valence-electron chi connectivity index (χ1n) is 21.6. The number of alkyl halides is 15. The van der Waals surface area contributed by atoms with Crippen molar-refractivity contribution in [1.29, 1.82) is 10.5 Å². The van der Waals surface area contributed by atoms with Crippen LogP contribution >= 0.6 is 0 Å². The second kappa shape index (κ2) is 16.9. The van der Waals surface area contributed by atoms with E-state index in [9.17, 15) is 76.4 Å². The van der Waals surface area contributed by atoms with Crippen LogP contribution < -0.4 is 0 Å². The van der Waals surface area contributed by atoms with Gasteiger partial charge >= 0.3 is 30.9 Å². The fraction of sp³-hybridized carbons (Fsp3) is 0.0909. The van der Waals surface area contributed by atoms with Gasteiger partial charge in [0.15, 0.2) is 0 Å². The molecule has 74 heavy (non-hydrogen) atoms. The van der Waals surface area contributed by atoms with Gasteiger partial charge in [0.05, 0.1) is 84.5 Å². The van der Waals surface area contributed by atoms with Crippen LogP contribution in [0.4, 0.5) is 65.9 Å². The molecule has 10 aromatic rings. The molecule has 4 nitrogen and oxygen atoms in total. The Balaban J connectivity index is 1.35. The summed E-state index contributed by atoms with van der Waals surface area (Å²) in [7, 11) is 0. The number of halogens is 15. The Morgan fingerprint density at radius 1 is 0.324 bits per heavy atom. The Morgan fingerprint density at radius 3 is 1.18 bits per heavy atom. The predicted molar refractivity (Wildman–Crippen MR) is 246 cm³/mol. The van der Waals surface area contributed by atoms with Crippen molar-refractivity contribution in [2.45, 2.75) is 30.9 Å². The highest BCUT2D eigenvalue weighted by atomic mass is 19.4. The molecule has 0 unspecified atom stereocenters. The average molecular weight is 1030 g/mol. The zero-order valence-corrected chi connectivity index (χ0v) is 36.9. The maximum atomic E-state index is 14.7. The summed E-state index contributed by atoms with van der Waals surface area (Å²) in [5.41, 5.74) is -9.90. The van der Waals surface area contributed by atoms with Crippen LogP contribution in [-0.2, 0) is 30.9 Å². The molecule has 0 aliphatic carbocycles. The first-order valence-corrected chi connectivity index (χ1v) is 21.6. The van der Waals surface area contributed by atoms with Crippen LogP contribution in [0.1, 0.15) is 38.9 Å². The van der Waals surface area contributed by atoms with Gasteiger partial charge in [0.1, 0.15) is 0 Å². The van der Waals surface area contributed by atoms with Crippen molar-refractivity contribution in [3.8, 4) is 56.9 Å². The van der Waals surface area contributed by atoms with Crippen molar-refractivity contribution in [1.82, 2.24) is 9.13 Å². The van der Waals surface area contributed by atoms with E-state index in [1.165, 1.54) is 57.7 Å². The molecule has 2 heterocycles. The zero-order chi connectivity index (χ0) is 53.0. The lowest BCUT2D eigenvalue weighted by atomic mass is 9.94. The van der Waals surface area contributed by atoms with Gasteiger partial charge in [-0.2, -0.15) is 76.4 Å². The minimum atomic E-state index is -5.31. The second-order valence-electron chi connectivity index (χ2n) is 17.1. The Morgan fingerprint density at radius 2 is 0.757 bits per heavy atom. The van der Waals surface area contributed by atoms with E-state index in [0.717, 1.165) is 6.07 Å². The van der Waals surface area contributed by atoms with E-state index in [4.69, 9.17) is 0 Å². The Hall–Kier alpha value is -8.71. The number of hydrogen-bond donors (Lipinski definition) is 0. The number of benzene rings is 8. The highest BCUT2D eigenvalue weighted by Crippen LogP contribution is 2.47. The van der Waals surface area contributed by atoms with Gasteiger partial charge in [0.2, 0.25) is 0 Å². The first-order chi connectivity index (χ1) is 34.8. The quantitative estimate of drug-likeness (QED) is 0.161. The van der Waals surface area contributed by atoms with Crippen LogP contribution in [0.15, 0.2) is 152 Å². The summed E-state index contributed by atoms with van der Waals surface area (Å²) in [4.78, 5) is 0. The molecule has 0 bridgehead atoms. The van der Waals surface area contributed by atoms with E-state index in [0.29, 0.717) is 69.0 Å². The van der Waals surface area contributed by atoms with Crippen LogP contribution in [0.25, 0.3) is 88.4 Å². The molecule has 0 amide bonds. The van der Waals surface area contributed by atoms with Crippen molar-refractivity contribution in [2.75, 3.05) is 0 Å². The summed E-state index contributed by atoms with van der Waals surface area (Å²) in [6.45, 7) is 0. The molecule has 0 saturated carbocycles. The number of nitriles is 2. The number of nitrogens with zero attached hydrogens (tertiary/aromatic N) is 4. The SMILES string of the molecule is N#Cc1cc(-c2cc(-n3c4ccccc4c4ccc(-c5ccc(C(F)(F)F)cc5C(F)(F)F)cc43)c(-n3c4ccccc4c4ccc(-c5ccc(C(F)(F)F)cc5C(F)(F)F)cc43)cc2C#N)cc(C(F)(F)F)c1. The molecule has 0 radical (unpaired) electrons. The molecule has 8 aromatic carbocycles. The molecule has 0 aliphatic heterocycles. The maximum Gasteiger partial charge on any atom is 0.417 e. The Labute approximate surface area is 406 Å². The minimum absolute atomic E-state index is 0.0110. The van der Waals surface area contributed by atoms with Gasteiger partial charge < -0.3 is 9.13 Å². The summed E-state index contributed by atoms with van der Waals surface area (Å²) in [6, 6.07) is 31.7. The van der Waals surface area contributed by atoms with Crippen LogP contribution in [0.5, 0.6) is 0 Å². The molecule has 0 aliphatic rings. The van der Waals surface area contributed by atoms with Gasteiger partial charge in [0.25, 0.3) is 0 Å². The van der Waals surface area contributed by atoms with Crippen molar-refractivity contribution >= 4 is 43.6 Å². The molecule has 370 valence electrons. The molecule has 0 N–H and O–H groups in total. The lowest BCUT2D eigenvalue weighted by Crippen LogP contribution is -2.12. The molecular weight excluding hydrogens is 1000 g/mol. The Kier molecular flexibility index (Phi) is 11.2. The highest BCUT2D eigenvalue weighted by Gasteiger charge is 2.40. The summed E-state index contributed by atoms with van der Waals surface area (Å²) in [6.07, 6.45) is -25.9. The standard InChI is InChI=1S/C55H25F15N4/c56-51(57,58)33-11-15-36(43(23-33)54(65,66)67)29-9-13-40-38-5-1-3-7-45(38)73(47(40)20-29)49-22-32(27-72)42(31-17-28(26-71)18-35(19-31)53(62,63)64)25-50(49)74-46-8-4-2-6-39(46)41-14-10-30(21-48(41)74)37-16-12-34(52(59,60)61)24-44(37)55(68,69)70/h1-25H. The van der Waals surface area contributed by atoms with Crippen molar-refractivity contribution in [2.24, 2.45) is 0 Å². The number of hydrogen-bond acceptors (Lipinski definition) is 2. The lowest BCUT2D eigenvalue weighted by molar-refractivity contribution is -0.144. The number of aromatic nitrogens is 2. The molecule has 0 fully saturated rings. The van der Waals surface area contributed by atoms with E-state index >= 15 is 0 Å². The summed E-state index contributed by atoms with van der Waals surface area (Å²) in [5, 5.41) is 22.3. The molecular formula is C55H25F15N4. The molecule has 0 saturated heterocycles. The molecule has 2 aromatic heterocycles. The van der Waals surface area contributed by atoms with E-state index in [1.807, 2.05) is 6.07 Å². The predicted octanol–water partition coefficient (Wildman–Crippen LogP) is 17.7. The first kappa shape index (κ1) is 48.9. The zero-order valence-electron chi connectivity index (χ0n) is 36.9. The molecule has 0 spiro atoms. The third kappa shape index (κ3) is 8.37. The van der Waals surface area contributed by atoms with Gasteiger partial charge in [-0.05, 0) is 107 Å². The van der Waals surface area contributed by atoms with Gasteiger partial charge in [-0.15, -0.1) is 0 Å². The third-order valence-electron chi connectivity index (χ3n) is 12.7. The van der Waals surface area contributed by atoms with Gasteiger partial charge in [-0.1, -0.05) is 72.8 Å². The van der Waals surface area contributed by atoms with E-state index < -0.39 is 75.4 Å². The lowest BCUT2D eigenvalue weighted by Gasteiger charge is -2.21. The third-order valence-corrected chi connectivity index (χ3v) is 12.7. The number of rotatable bonds is 5. The van der Waals surface area contributed by atoms with E-state index in [-0.39, 0.29) is 62.4 Å².